The predicted molar refractivity (Wildman–Crippen MR) is 73.5 cm³/mol. The Balaban J connectivity index is 2.60. The van der Waals surface area contributed by atoms with E-state index in [0.717, 1.165) is 11.5 Å². The van der Waals surface area contributed by atoms with Crippen molar-refractivity contribution in [3.05, 3.63) is 0 Å². The first-order valence-electron chi connectivity index (χ1n) is 6.09. The van der Waals surface area contributed by atoms with Crippen molar-refractivity contribution >= 4 is 23.5 Å². The van der Waals surface area contributed by atoms with Gasteiger partial charge in [-0.1, -0.05) is 13.8 Å². The first-order valence-corrected chi connectivity index (χ1v) is 8.19. The van der Waals surface area contributed by atoms with E-state index >= 15 is 0 Å². The van der Waals surface area contributed by atoms with Crippen LogP contribution in [0.25, 0.3) is 0 Å². The van der Waals surface area contributed by atoms with Crippen molar-refractivity contribution in [2.45, 2.75) is 56.2 Å². The van der Waals surface area contributed by atoms with Crippen LogP contribution in [0.5, 0.6) is 0 Å². The average molecular weight is 298 g/mol. The molecule has 1 aliphatic rings. The van der Waals surface area contributed by atoms with Gasteiger partial charge in [0.15, 0.2) is 12.6 Å². The molecular formula is C11H22O5S2. The van der Waals surface area contributed by atoms with Gasteiger partial charge in [0.05, 0.1) is 4.58 Å². The summed E-state index contributed by atoms with van der Waals surface area (Å²) in [6, 6.07) is 0. The van der Waals surface area contributed by atoms with Crippen molar-refractivity contribution < 1.29 is 24.8 Å². The van der Waals surface area contributed by atoms with E-state index in [1.54, 1.807) is 30.4 Å². The molecule has 1 aliphatic heterocycles. The Morgan fingerprint density at radius 1 is 1.11 bits per heavy atom. The first-order chi connectivity index (χ1) is 8.51. The second kappa shape index (κ2) is 7.94. The van der Waals surface area contributed by atoms with Crippen molar-refractivity contribution in [2.24, 2.45) is 0 Å². The summed E-state index contributed by atoms with van der Waals surface area (Å²) in [6.45, 7) is 5.64. The monoisotopic (exact) mass is 298 g/mol. The van der Waals surface area contributed by atoms with Crippen molar-refractivity contribution in [1.82, 2.24) is 0 Å². The number of hydrogen-bond donors (Lipinski definition) is 3. The lowest BCUT2D eigenvalue weighted by atomic mass is 10.1. The zero-order chi connectivity index (χ0) is 13.7. The summed E-state index contributed by atoms with van der Waals surface area (Å²) in [5, 5.41) is 29.8. The summed E-state index contributed by atoms with van der Waals surface area (Å²) < 4.78 is 10.1. The molecule has 3 N–H and O–H groups in total. The molecule has 0 aromatic rings. The van der Waals surface area contributed by atoms with Gasteiger partial charge >= 0.3 is 0 Å². The number of rotatable bonds is 7. The molecule has 1 rings (SSSR count). The van der Waals surface area contributed by atoms with Gasteiger partial charge in [-0.15, -0.1) is 23.5 Å². The molecule has 0 bridgehead atoms. The molecular weight excluding hydrogens is 276 g/mol. The Labute approximate surface area is 116 Å². The molecule has 1 fully saturated rings. The molecule has 1 heterocycles. The molecule has 0 aromatic heterocycles. The number of aliphatic hydroxyl groups excluding tert-OH is 3. The van der Waals surface area contributed by atoms with Gasteiger partial charge < -0.3 is 24.8 Å². The minimum Gasteiger partial charge on any atom is -0.388 e. The van der Waals surface area contributed by atoms with E-state index in [0.29, 0.717) is 0 Å². The molecule has 0 spiro atoms. The van der Waals surface area contributed by atoms with Crippen LogP contribution in [0.4, 0.5) is 0 Å². The molecule has 0 radical (unpaired) electrons. The van der Waals surface area contributed by atoms with Gasteiger partial charge in [-0.3, -0.25) is 0 Å². The number of thioether (sulfide) groups is 2. The van der Waals surface area contributed by atoms with Crippen LogP contribution in [0.2, 0.25) is 0 Å². The van der Waals surface area contributed by atoms with Crippen molar-refractivity contribution in [3.8, 4) is 0 Å². The lowest BCUT2D eigenvalue weighted by molar-refractivity contribution is -0.115. The van der Waals surface area contributed by atoms with Gasteiger partial charge in [0.25, 0.3) is 0 Å². The van der Waals surface area contributed by atoms with E-state index in [1.165, 1.54) is 0 Å². The molecule has 1 unspecified atom stereocenters. The highest BCUT2D eigenvalue weighted by atomic mass is 32.2. The van der Waals surface area contributed by atoms with E-state index in [4.69, 9.17) is 9.47 Å². The minimum absolute atomic E-state index is 0.137. The second-order valence-electron chi connectivity index (χ2n) is 3.96. The van der Waals surface area contributed by atoms with Crippen LogP contribution in [0.1, 0.15) is 20.8 Å². The van der Waals surface area contributed by atoms with Crippen LogP contribution in [-0.2, 0) is 9.47 Å². The topological polar surface area (TPSA) is 79.2 Å². The third kappa shape index (κ3) is 4.26. The number of aliphatic hydroxyl groups is 3. The standard InChI is InChI=1S/C11H22O5S2/c1-4-17-11(18-5-2)8(13)7(12)9-10(14)16-6(3)15-9/h6-14H,4-5H2,1-3H3/t6?,7-,8+,9+,10-/m1/s1. The number of ether oxygens (including phenoxy) is 2. The predicted octanol–water partition coefficient (Wildman–Crippen LogP) is 0.620. The number of hydrogen-bond acceptors (Lipinski definition) is 7. The molecule has 5 atom stereocenters. The molecule has 0 amide bonds. The second-order valence-corrected chi connectivity index (χ2v) is 7.09. The minimum atomic E-state index is -1.19. The Morgan fingerprint density at radius 2 is 1.67 bits per heavy atom. The Morgan fingerprint density at radius 3 is 2.06 bits per heavy atom. The fraction of sp³-hybridized carbons (Fsp3) is 1.00. The first kappa shape index (κ1) is 16.6. The zero-order valence-electron chi connectivity index (χ0n) is 10.9. The highest BCUT2D eigenvalue weighted by molar-refractivity contribution is 8.17. The van der Waals surface area contributed by atoms with E-state index < -0.39 is 30.9 Å². The normalized spacial score (nSPS) is 31.8. The molecule has 7 heteroatoms. The molecule has 0 aromatic carbocycles. The molecule has 5 nitrogen and oxygen atoms in total. The van der Waals surface area contributed by atoms with Crippen LogP contribution in [0.3, 0.4) is 0 Å². The lowest BCUT2D eigenvalue weighted by Gasteiger charge is -2.29. The maximum absolute atomic E-state index is 10.2. The van der Waals surface area contributed by atoms with E-state index in [-0.39, 0.29) is 4.58 Å². The fourth-order valence-corrected chi connectivity index (χ4v) is 4.35. The van der Waals surface area contributed by atoms with Crippen LogP contribution in [0.15, 0.2) is 0 Å². The Bertz CT molecular complexity index is 237. The van der Waals surface area contributed by atoms with Crippen LogP contribution >= 0.6 is 23.5 Å². The fourth-order valence-electron chi connectivity index (χ4n) is 1.77. The summed E-state index contributed by atoms with van der Waals surface area (Å²) in [5.74, 6) is 1.70. The summed E-state index contributed by atoms with van der Waals surface area (Å²) in [7, 11) is 0. The smallest absolute Gasteiger partial charge is 0.186 e. The van der Waals surface area contributed by atoms with E-state index in [2.05, 4.69) is 0 Å². The third-order valence-electron chi connectivity index (χ3n) is 2.59. The third-order valence-corrected chi connectivity index (χ3v) is 5.29. The van der Waals surface area contributed by atoms with Gasteiger partial charge in [0.1, 0.15) is 18.3 Å². The van der Waals surface area contributed by atoms with Crippen molar-refractivity contribution in [3.63, 3.8) is 0 Å². The molecule has 1 saturated heterocycles. The molecule has 0 aliphatic carbocycles. The van der Waals surface area contributed by atoms with Crippen LogP contribution < -0.4 is 0 Å². The van der Waals surface area contributed by atoms with Gasteiger partial charge in [-0.05, 0) is 18.4 Å². The van der Waals surface area contributed by atoms with Gasteiger partial charge in [0.2, 0.25) is 0 Å². The maximum Gasteiger partial charge on any atom is 0.186 e. The van der Waals surface area contributed by atoms with Gasteiger partial charge in [-0.25, -0.2) is 0 Å². The van der Waals surface area contributed by atoms with Gasteiger partial charge in [0, 0.05) is 0 Å². The summed E-state index contributed by atoms with van der Waals surface area (Å²) >= 11 is 3.15. The van der Waals surface area contributed by atoms with Crippen LogP contribution in [0, 0.1) is 0 Å². The molecule has 18 heavy (non-hydrogen) atoms. The van der Waals surface area contributed by atoms with Crippen molar-refractivity contribution in [2.75, 3.05) is 11.5 Å². The zero-order valence-corrected chi connectivity index (χ0v) is 12.5. The molecule has 0 saturated carbocycles. The Hall–Kier alpha value is 0.500. The summed E-state index contributed by atoms with van der Waals surface area (Å²) in [6.07, 6.45) is -4.78. The maximum atomic E-state index is 10.2. The summed E-state index contributed by atoms with van der Waals surface area (Å²) in [5.41, 5.74) is 0. The quantitative estimate of drug-likeness (QED) is 0.595. The SMILES string of the molecule is CCSC(SCC)[C@@H](O)[C@@H](O)[C@@H]1OC(C)O[C@H]1O. The summed E-state index contributed by atoms with van der Waals surface area (Å²) in [4.78, 5) is 0. The largest absolute Gasteiger partial charge is 0.388 e. The van der Waals surface area contributed by atoms with E-state index in [1.807, 2.05) is 13.8 Å². The van der Waals surface area contributed by atoms with Crippen molar-refractivity contribution in [1.29, 1.82) is 0 Å². The average Bonchev–Trinajstić information content (AvgIpc) is 2.66. The molecule has 108 valence electrons. The Kier molecular flexibility index (Phi) is 7.30. The lowest BCUT2D eigenvalue weighted by Crippen LogP contribution is -2.46. The van der Waals surface area contributed by atoms with E-state index in [9.17, 15) is 15.3 Å². The highest BCUT2D eigenvalue weighted by Crippen LogP contribution is 2.31. The van der Waals surface area contributed by atoms with Crippen LogP contribution in [-0.4, -0.2) is 62.3 Å². The highest BCUT2D eigenvalue weighted by Gasteiger charge is 2.42. The van der Waals surface area contributed by atoms with Gasteiger partial charge in [-0.2, -0.15) is 0 Å².